The van der Waals surface area contributed by atoms with Crippen molar-refractivity contribution in [1.29, 1.82) is 0 Å². The lowest BCUT2D eigenvalue weighted by Gasteiger charge is -2.16. The number of esters is 1. The van der Waals surface area contributed by atoms with Crippen LogP contribution >= 0.6 is 15.9 Å². The molecule has 0 aliphatic carbocycles. The summed E-state index contributed by atoms with van der Waals surface area (Å²) in [6, 6.07) is 5.19. The van der Waals surface area contributed by atoms with Gasteiger partial charge in [-0.3, -0.25) is 0 Å². The van der Waals surface area contributed by atoms with E-state index in [1.165, 1.54) is 0 Å². The number of benzene rings is 1. The van der Waals surface area contributed by atoms with Crippen LogP contribution in [-0.4, -0.2) is 32.9 Å². The molecule has 1 unspecified atom stereocenters. The van der Waals surface area contributed by atoms with Gasteiger partial charge in [0, 0.05) is 10.0 Å². The number of nitrogens with two attached hydrogens (primary N) is 1. The average Bonchev–Trinajstić information content (AvgIpc) is 2.38. The molecule has 0 radical (unpaired) electrons. The molecular weight excluding hydrogens is 314 g/mol. The van der Waals surface area contributed by atoms with Crippen molar-refractivity contribution in [3.05, 3.63) is 28.2 Å². The molecule has 0 fully saturated rings. The third-order valence-corrected chi connectivity index (χ3v) is 2.91. The van der Waals surface area contributed by atoms with Gasteiger partial charge in [-0.15, -0.1) is 0 Å². The van der Waals surface area contributed by atoms with E-state index in [1.54, 1.807) is 14.0 Å². The van der Waals surface area contributed by atoms with Crippen molar-refractivity contribution in [3.8, 4) is 5.75 Å². The quantitative estimate of drug-likeness (QED) is 0.774. The van der Waals surface area contributed by atoms with Crippen LogP contribution in [0.4, 0.5) is 0 Å². The fraction of sp³-hybridized carbons (Fsp3) is 0.462. The Balaban J connectivity index is 2.55. The molecule has 106 valence electrons. The Bertz CT molecular complexity index is 425. The van der Waals surface area contributed by atoms with Crippen molar-refractivity contribution in [1.82, 2.24) is 0 Å². The molecule has 0 spiro atoms. The Morgan fingerprint density at radius 3 is 2.84 bits per heavy atom. The first kappa shape index (κ1) is 15.9. The first-order chi connectivity index (χ1) is 9.08. The highest BCUT2D eigenvalue weighted by atomic mass is 79.9. The second-order valence-electron chi connectivity index (χ2n) is 3.81. The minimum absolute atomic E-state index is 0.0993. The van der Waals surface area contributed by atoms with Crippen molar-refractivity contribution in [2.45, 2.75) is 13.0 Å². The topological polar surface area (TPSA) is 70.8 Å². The Labute approximate surface area is 121 Å². The van der Waals surface area contributed by atoms with Crippen LogP contribution in [0.15, 0.2) is 22.7 Å². The number of hydrogen-bond donors (Lipinski definition) is 1. The molecule has 19 heavy (non-hydrogen) atoms. The zero-order chi connectivity index (χ0) is 14.3. The standard InChI is InChI=1S/C13H18BrNO4/c1-3-19-13(16)8-18-7-11(15)10-6-9(14)4-5-12(10)17-2/h4-6,11H,3,7-8,15H2,1-2H3. The summed E-state index contributed by atoms with van der Waals surface area (Å²) in [5.41, 5.74) is 6.84. The number of halogens is 1. The van der Waals surface area contributed by atoms with Gasteiger partial charge in [-0.25, -0.2) is 4.79 Å². The molecule has 0 heterocycles. The van der Waals surface area contributed by atoms with E-state index in [4.69, 9.17) is 19.9 Å². The molecule has 0 aromatic heterocycles. The summed E-state index contributed by atoms with van der Waals surface area (Å²) in [4.78, 5) is 11.1. The van der Waals surface area contributed by atoms with Gasteiger partial charge in [0.25, 0.3) is 0 Å². The van der Waals surface area contributed by atoms with E-state index >= 15 is 0 Å². The van der Waals surface area contributed by atoms with Gasteiger partial charge in [0.05, 0.1) is 26.4 Å². The highest BCUT2D eigenvalue weighted by molar-refractivity contribution is 9.10. The van der Waals surface area contributed by atoms with Crippen LogP contribution in [0.5, 0.6) is 5.75 Å². The lowest BCUT2D eigenvalue weighted by atomic mass is 10.1. The fourth-order valence-electron chi connectivity index (χ4n) is 1.56. The molecule has 1 atom stereocenters. The molecule has 0 saturated heterocycles. The molecule has 1 rings (SSSR count). The zero-order valence-corrected chi connectivity index (χ0v) is 12.6. The number of carbonyl (C=O) groups is 1. The maximum absolute atomic E-state index is 11.1. The maximum Gasteiger partial charge on any atom is 0.332 e. The van der Waals surface area contributed by atoms with Crippen LogP contribution in [-0.2, 0) is 14.3 Å². The van der Waals surface area contributed by atoms with Gasteiger partial charge in [0.1, 0.15) is 12.4 Å². The maximum atomic E-state index is 11.1. The molecule has 0 aliphatic rings. The number of hydrogen-bond acceptors (Lipinski definition) is 5. The van der Waals surface area contributed by atoms with E-state index in [1.807, 2.05) is 18.2 Å². The molecular formula is C13H18BrNO4. The molecule has 0 bridgehead atoms. The van der Waals surface area contributed by atoms with Gasteiger partial charge in [-0.05, 0) is 25.1 Å². The Morgan fingerprint density at radius 2 is 2.21 bits per heavy atom. The van der Waals surface area contributed by atoms with Crippen LogP contribution in [0.2, 0.25) is 0 Å². The number of carbonyl (C=O) groups excluding carboxylic acids is 1. The van der Waals surface area contributed by atoms with Crippen molar-refractivity contribution in [2.75, 3.05) is 26.9 Å². The molecule has 0 amide bonds. The van der Waals surface area contributed by atoms with Crippen molar-refractivity contribution >= 4 is 21.9 Å². The second-order valence-corrected chi connectivity index (χ2v) is 4.73. The minimum Gasteiger partial charge on any atom is -0.496 e. The summed E-state index contributed by atoms with van der Waals surface area (Å²) in [7, 11) is 1.58. The van der Waals surface area contributed by atoms with Gasteiger partial charge >= 0.3 is 5.97 Å². The van der Waals surface area contributed by atoms with Gasteiger partial charge in [-0.2, -0.15) is 0 Å². The Kier molecular flexibility index (Phi) is 6.83. The summed E-state index contributed by atoms with van der Waals surface area (Å²) in [5.74, 6) is 0.298. The SMILES string of the molecule is CCOC(=O)COCC(N)c1cc(Br)ccc1OC. The van der Waals surface area contributed by atoms with E-state index < -0.39 is 5.97 Å². The molecule has 0 aliphatic heterocycles. The van der Waals surface area contributed by atoms with Gasteiger partial charge in [-0.1, -0.05) is 15.9 Å². The average molecular weight is 332 g/mol. The number of methoxy groups -OCH3 is 1. The largest absolute Gasteiger partial charge is 0.496 e. The van der Waals surface area contributed by atoms with Crippen LogP contribution in [0.1, 0.15) is 18.5 Å². The van der Waals surface area contributed by atoms with Gasteiger partial charge in [0.15, 0.2) is 0 Å². The van der Waals surface area contributed by atoms with Crippen LogP contribution in [0.3, 0.4) is 0 Å². The smallest absolute Gasteiger partial charge is 0.332 e. The highest BCUT2D eigenvalue weighted by Gasteiger charge is 2.13. The zero-order valence-electron chi connectivity index (χ0n) is 11.0. The molecule has 0 saturated carbocycles. The van der Waals surface area contributed by atoms with Crippen LogP contribution in [0.25, 0.3) is 0 Å². The first-order valence-corrected chi connectivity index (χ1v) is 6.70. The third-order valence-electron chi connectivity index (χ3n) is 2.41. The van der Waals surface area contributed by atoms with Crippen LogP contribution in [0, 0.1) is 0 Å². The van der Waals surface area contributed by atoms with E-state index in [0.717, 1.165) is 10.0 Å². The molecule has 6 heteroatoms. The summed E-state index contributed by atoms with van der Waals surface area (Å²) < 4.78 is 16.1. The van der Waals surface area contributed by atoms with Crippen molar-refractivity contribution < 1.29 is 19.0 Å². The van der Waals surface area contributed by atoms with Gasteiger partial charge < -0.3 is 19.9 Å². The fourth-order valence-corrected chi connectivity index (χ4v) is 1.94. The summed E-state index contributed by atoms with van der Waals surface area (Å²) >= 11 is 3.38. The highest BCUT2D eigenvalue weighted by Crippen LogP contribution is 2.27. The normalized spacial score (nSPS) is 12.0. The predicted molar refractivity (Wildman–Crippen MR) is 75.1 cm³/mol. The third kappa shape index (κ3) is 5.18. The Morgan fingerprint density at radius 1 is 1.47 bits per heavy atom. The lowest BCUT2D eigenvalue weighted by Crippen LogP contribution is -2.21. The molecule has 1 aromatic carbocycles. The van der Waals surface area contributed by atoms with Crippen LogP contribution < -0.4 is 10.5 Å². The Hall–Kier alpha value is -1.11. The second kappa shape index (κ2) is 8.14. The lowest BCUT2D eigenvalue weighted by molar-refractivity contribution is -0.148. The van der Waals surface area contributed by atoms with E-state index in [-0.39, 0.29) is 19.3 Å². The van der Waals surface area contributed by atoms with E-state index in [2.05, 4.69) is 15.9 Å². The molecule has 1 aromatic rings. The predicted octanol–water partition coefficient (Wildman–Crippen LogP) is 2.04. The summed E-state index contributed by atoms with van der Waals surface area (Å²) in [6.07, 6.45) is 0. The van der Waals surface area contributed by atoms with Crippen molar-refractivity contribution in [2.24, 2.45) is 5.73 Å². The van der Waals surface area contributed by atoms with E-state index in [0.29, 0.717) is 12.4 Å². The first-order valence-electron chi connectivity index (χ1n) is 5.90. The molecule has 5 nitrogen and oxygen atoms in total. The monoisotopic (exact) mass is 331 g/mol. The summed E-state index contributed by atoms with van der Waals surface area (Å²) in [6.45, 7) is 2.20. The summed E-state index contributed by atoms with van der Waals surface area (Å²) in [5, 5.41) is 0. The van der Waals surface area contributed by atoms with Gasteiger partial charge in [0.2, 0.25) is 0 Å². The minimum atomic E-state index is -0.393. The van der Waals surface area contributed by atoms with E-state index in [9.17, 15) is 4.79 Å². The molecule has 2 N–H and O–H groups in total. The number of ether oxygens (including phenoxy) is 3. The van der Waals surface area contributed by atoms with Crippen molar-refractivity contribution in [3.63, 3.8) is 0 Å². The number of rotatable bonds is 7.